The summed E-state index contributed by atoms with van der Waals surface area (Å²) in [4.78, 5) is 12.8. The monoisotopic (exact) mass is 209 g/mol. The SMILES string of the molecule is Cn1nnc(CC(=O)CNCC2CC2)n1. The van der Waals surface area contributed by atoms with Crippen molar-refractivity contribution in [1.82, 2.24) is 25.5 Å². The fraction of sp³-hybridized carbons (Fsp3) is 0.778. The summed E-state index contributed by atoms with van der Waals surface area (Å²) in [5.74, 6) is 1.41. The Balaban J connectivity index is 1.67. The Bertz CT molecular complexity index is 344. The number of hydrogen-bond donors (Lipinski definition) is 1. The average molecular weight is 209 g/mol. The van der Waals surface area contributed by atoms with E-state index in [1.165, 1.54) is 17.6 Å². The lowest BCUT2D eigenvalue weighted by Gasteiger charge is -2.00. The van der Waals surface area contributed by atoms with E-state index in [0.29, 0.717) is 12.4 Å². The van der Waals surface area contributed by atoms with Gasteiger partial charge in [0.15, 0.2) is 11.6 Å². The third-order valence-corrected chi connectivity index (χ3v) is 2.36. The lowest BCUT2D eigenvalue weighted by molar-refractivity contribution is -0.117. The van der Waals surface area contributed by atoms with Gasteiger partial charge in [-0.1, -0.05) is 0 Å². The molecule has 1 saturated carbocycles. The second-order valence-corrected chi connectivity index (χ2v) is 3.98. The zero-order valence-corrected chi connectivity index (χ0v) is 8.81. The van der Waals surface area contributed by atoms with Gasteiger partial charge in [0.2, 0.25) is 0 Å². The second kappa shape index (κ2) is 4.48. The van der Waals surface area contributed by atoms with Crippen LogP contribution in [0.1, 0.15) is 18.7 Å². The maximum atomic E-state index is 11.4. The van der Waals surface area contributed by atoms with E-state index in [1.807, 2.05) is 0 Å². The summed E-state index contributed by atoms with van der Waals surface area (Å²) in [5.41, 5.74) is 0. The number of Topliss-reactive ketones (excluding diaryl/α,β-unsaturated/α-hetero) is 1. The van der Waals surface area contributed by atoms with Crippen LogP contribution in [0.2, 0.25) is 0 Å². The Labute approximate surface area is 88.0 Å². The van der Waals surface area contributed by atoms with Crippen molar-refractivity contribution < 1.29 is 4.79 Å². The molecule has 1 aromatic rings. The standard InChI is InChI=1S/C9H15N5O/c1-14-12-9(11-13-14)4-8(15)6-10-5-7-2-3-7/h7,10H,2-6H2,1H3. The number of aromatic nitrogens is 4. The van der Waals surface area contributed by atoms with E-state index in [4.69, 9.17) is 0 Å². The molecule has 1 heterocycles. The predicted octanol–water partition coefficient (Wildman–Crippen LogP) is -0.679. The van der Waals surface area contributed by atoms with Crippen molar-refractivity contribution in [1.29, 1.82) is 0 Å². The fourth-order valence-corrected chi connectivity index (χ4v) is 1.37. The lowest BCUT2D eigenvalue weighted by Crippen LogP contribution is -2.26. The number of ketones is 1. The molecular formula is C9H15N5O. The molecule has 0 atom stereocenters. The van der Waals surface area contributed by atoms with Gasteiger partial charge in [-0.2, -0.15) is 4.80 Å². The third-order valence-electron chi connectivity index (χ3n) is 2.36. The predicted molar refractivity (Wildman–Crippen MR) is 53.1 cm³/mol. The Morgan fingerprint density at radius 1 is 1.60 bits per heavy atom. The lowest BCUT2D eigenvalue weighted by atomic mass is 10.2. The van der Waals surface area contributed by atoms with Crippen molar-refractivity contribution in [2.45, 2.75) is 19.3 Å². The molecule has 6 nitrogen and oxygen atoms in total. The smallest absolute Gasteiger partial charge is 0.182 e. The third kappa shape index (κ3) is 3.39. The fourth-order valence-electron chi connectivity index (χ4n) is 1.37. The first-order valence-corrected chi connectivity index (χ1v) is 5.19. The van der Waals surface area contributed by atoms with E-state index in [2.05, 4.69) is 20.7 Å². The zero-order chi connectivity index (χ0) is 10.7. The summed E-state index contributed by atoms with van der Waals surface area (Å²) in [6.07, 6.45) is 2.87. The van der Waals surface area contributed by atoms with Crippen LogP contribution in [-0.2, 0) is 18.3 Å². The molecule has 15 heavy (non-hydrogen) atoms. The molecule has 82 valence electrons. The Morgan fingerprint density at radius 2 is 2.40 bits per heavy atom. The molecule has 1 N–H and O–H groups in total. The highest BCUT2D eigenvalue weighted by Crippen LogP contribution is 2.27. The topological polar surface area (TPSA) is 72.7 Å². The maximum Gasteiger partial charge on any atom is 0.182 e. The van der Waals surface area contributed by atoms with Crippen molar-refractivity contribution in [2.24, 2.45) is 13.0 Å². The average Bonchev–Trinajstić information content (AvgIpc) is 2.91. The van der Waals surface area contributed by atoms with Gasteiger partial charge in [-0.15, -0.1) is 10.2 Å². The Kier molecular flexibility index (Phi) is 3.05. The van der Waals surface area contributed by atoms with Gasteiger partial charge in [-0.05, 0) is 30.5 Å². The normalized spacial score (nSPS) is 15.5. The molecule has 0 amide bonds. The second-order valence-electron chi connectivity index (χ2n) is 3.98. The summed E-state index contributed by atoms with van der Waals surface area (Å²) in [6.45, 7) is 1.37. The van der Waals surface area contributed by atoms with Gasteiger partial charge in [0.1, 0.15) is 0 Å². The summed E-state index contributed by atoms with van der Waals surface area (Å²) >= 11 is 0. The van der Waals surface area contributed by atoms with Gasteiger partial charge >= 0.3 is 0 Å². The van der Waals surface area contributed by atoms with E-state index in [1.54, 1.807) is 7.05 Å². The number of rotatable bonds is 6. The highest BCUT2D eigenvalue weighted by Gasteiger charge is 2.20. The first kappa shape index (κ1) is 10.2. The van der Waals surface area contributed by atoms with Crippen molar-refractivity contribution in [2.75, 3.05) is 13.1 Å². The van der Waals surface area contributed by atoms with Crippen molar-refractivity contribution in [3.63, 3.8) is 0 Å². The minimum absolute atomic E-state index is 0.114. The van der Waals surface area contributed by atoms with Crippen molar-refractivity contribution in [3.05, 3.63) is 5.82 Å². The van der Waals surface area contributed by atoms with E-state index in [9.17, 15) is 4.79 Å². The summed E-state index contributed by atoms with van der Waals surface area (Å²) < 4.78 is 0. The summed E-state index contributed by atoms with van der Waals surface area (Å²) in [6, 6.07) is 0. The Hall–Kier alpha value is -1.30. The van der Waals surface area contributed by atoms with E-state index < -0.39 is 0 Å². The molecule has 1 aliphatic rings. The number of tetrazole rings is 1. The van der Waals surface area contributed by atoms with Crippen LogP contribution in [0.5, 0.6) is 0 Å². The van der Waals surface area contributed by atoms with Gasteiger partial charge in [0, 0.05) is 0 Å². The van der Waals surface area contributed by atoms with Crippen LogP contribution in [0.3, 0.4) is 0 Å². The van der Waals surface area contributed by atoms with Gasteiger partial charge < -0.3 is 5.32 Å². The molecule has 1 aromatic heterocycles. The van der Waals surface area contributed by atoms with Gasteiger partial charge in [-0.25, -0.2) is 0 Å². The molecule has 1 aliphatic carbocycles. The van der Waals surface area contributed by atoms with Crippen molar-refractivity contribution >= 4 is 5.78 Å². The van der Waals surface area contributed by atoms with Crippen LogP contribution in [0.25, 0.3) is 0 Å². The number of nitrogens with one attached hydrogen (secondary N) is 1. The molecule has 0 radical (unpaired) electrons. The highest BCUT2D eigenvalue weighted by molar-refractivity contribution is 5.81. The molecule has 1 fully saturated rings. The first-order valence-electron chi connectivity index (χ1n) is 5.19. The van der Waals surface area contributed by atoms with Crippen LogP contribution in [0.15, 0.2) is 0 Å². The summed E-state index contributed by atoms with van der Waals surface area (Å²) in [7, 11) is 1.69. The number of hydrogen-bond acceptors (Lipinski definition) is 5. The molecular weight excluding hydrogens is 194 g/mol. The zero-order valence-electron chi connectivity index (χ0n) is 8.81. The van der Waals surface area contributed by atoms with Gasteiger partial charge in [0.25, 0.3) is 0 Å². The largest absolute Gasteiger partial charge is 0.310 e. The molecule has 0 unspecified atom stereocenters. The maximum absolute atomic E-state index is 11.4. The van der Waals surface area contributed by atoms with Gasteiger partial charge in [-0.3, -0.25) is 4.79 Å². The van der Waals surface area contributed by atoms with Crippen LogP contribution in [0, 0.1) is 5.92 Å². The van der Waals surface area contributed by atoms with Crippen LogP contribution in [-0.4, -0.2) is 39.1 Å². The molecule has 0 bridgehead atoms. The highest BCUT2D eigenvalue weighted by atomic mass is 16.1. The first-order chi connectivity index (χ1) is 7.24. The van der Waals surface area contributed by atoms with Crippen LogP contribution < -0.4 is 5.32 Å². The minimum Gasteiger partial charge on any atom is -0.310 e. The van der Waals surface area contributed by atoms with Crippen LogP contribution >= 0.6 is 0 Å². The van der Waals surface area contributed by atoms with E-state index in [0.717, 1.165) is 12.5 Å². The Morgan fingerprint density at radius 3 is 3.00 bits per heavy atom. The van der Waals surface area contributed by atoms with E-state index >= 15 is 0 Å². The minimum atomic E-state index is 0.114. The number of aryl methyl sites for hydroxylation is 1. The molecule has 0 aromatic carbocycles. The number of carbonyl (C=O) groups excluding carboxylic acids is 1. The molecule has 2 rings (SSSR count). The molecule has 0 spiro atoms. The summed E-state index contributed by atoms with van der Waals surface area (Å²) in [5, 5.41) is 14.5. The molecule has 0 aliphatic heterocycles. The number of carbonyl (C=O) groups is 1. The van der Waals surface area contributed by atoms with Crippen molar-refractivity contribution in [3.8, 4) is 0 Å². The van der Waals surface area contributed by atoms with Crippen LogP contribution in [0.4, 0.5) is 0 Å². The molecule has 6 heteroatoms. The molecule has 0 saturated heterocycles. The van der Waals surface area contributed by atoms with E-state index in [-0.39, 0.29) is 12.2 Å². The quantitative estimate of drug-likeness (QED) is 0.672. The number of nitrogens with zero attached hydrogens (tertiary/aromatic N) is 4. The van der Waals surface area contributed by atoms with Gasteiger partial charge in [0.05, 0.1) is 20.0 Å².